The molecule has 0 saturated carbocycles. The van der Waals surface area contributed by atoms with Crippen LogP contribution in [0.2, 0.25) is 0 Å². The second kappa shape index (κ2) is 7.67. The topological polar surface area (TPSA) is 82.7 Å². The lowest BCUT2D eigenvalue weighted by molar-refractivity contribution is 0.102. The summed E-state index contributed by atoms with van der Waals surface area (Å²) in [6.45, 7) is 2.13. The van der Waals surface area contributed by atoms with Crippen LogP contribution in [0.4, 0.5) is 10.3 Å². The highest BCUT2D eigenvalue weighted by Gasteiger charge is 2.16. The van der Waals surface area contributed by atoms with Gasteiger partial charge in [0.25, 0.3) is 5.91 Å². The van der Waals surface area contributed by atoms with Gasteiger partial charge in [0.1, 0.15) is 5.82 Å². The van der Waals surface area contributed by atoms with E-state index in [0.717, 1.165) is 19.5 Å². The maximum Gasteiger partial charge on any atom is 0.258 e. The summed E-state index contributed by atoms with van der Waals surface area (Å²) in [5, 5.41) is 12.6. The first-order chi connectivity index (χ1) is 13.2. The third kappa shape index (κ3) is 4.03. The summed E-state index contributed by atoms with van der Waals surface area (Å²) in [6.07, 6.45) is 2.21. The van der Waals surface area contributed by atoms with E-state index >= 15 is 0 Å². The first-order valence-corrected chi connectivity index (χ1v) is 8.97. The van der Waals surface area contributed by atoms with Gasteiger partial charge in [-0.05, 0) is 61.7 Å². The number of H-pyrrole nitrogens is 1. The van der Waals surface area contributed by atoms with Crippen molar-refractivity contribution in [2.75, 3.05) is 18.4 Å². The quantitative estimate of drug-likeness (QED) is 0.649. The molecule has 1 saturated heterocycles. The molecule has 2 heterocycles. The van der Waals surface area contributed by atoms with E-state index in [-0.39, 0.29) is 17.7 Å². The lowest BCUT2D eigenvalue weighted by Gasteiger charge is -2.08. The van der Waals surface area contributed by atoms with Crippen LogP contribution in [0.1, 0.15) is 22.3 Å². The lowest BCUT2D eigenvalue weighted by atomic mass is 9.98. The van der Waals surface area contributed by atoms with Crippen molar-refractivity contribution in [3.05, 3.63) is 65.5 Å². The van der Waals surface area contributed by atoms with Crippen molar-refractivity contribution in [3.8, 4) is 11.4 Å². The third-order valence-corrected chi connectivity index (χ3v) is 4.74. The van der Waals surface area contributed by atoms with E-state index in [1.807, 2.05) is 12.1 Å². The number of hydrogen-bond acceptors (Lipinski definition) is 4. The van der Waals surface area contributed by atoms with Crippen LogP contribution in [-0.4, -0.2) is 34.2 Å². The van der Waals surface area contributed by atoms with Crippen LogP contribution >= 0.6 is 0 Å². The smallest absolute Gasteiger partial charge is 0.258 e. The van der Waals surface area contributed by atoms with Gasteiger partial charge in [-0.1, -0.05) is 24.3 Å². The van der Waals surface area contributed by atoms with Gasteiger partial charge in [0.05, 0.1) is 5.56 Å². The highest BCUT2D eigenvalue weighted by atomic mass is 19.1. The number of nitrogens with zero attached hydrogens (tertiary/aromatic N) is 2. The van der Waals surface area contributed by atoms with Crippen LogP contribution in [0, 0.1) is 11.7 Å². The molecular formula is C20H20FN5O. The fraction of sp³-hybridized carbons (Fsp3) is 0.250. The van der Waals surface area contributed by atoms with Crippen molar-refractivity contribution in [1.82, 2.24) is 20.5 Å². The Kier molecular flexibility index (Phi) is 4.93. The molecule has 0 aliphatic carbocycles. The minimum absolute atomic E-state index is 0.111. The zero-order chi connectivity index (χ0) is 18.6. The lowest BCUT2D eigenvalue weighted by Crippen LogP contribution is -2.13. The van der Waals surface area contributed by atoms with Gasteiger partial charge in [-0.25, -0.2) is 4.39 Å². The number of aromatic amines is 1. The number of carbonyl (C=O) groups excluding carboxylic acids is 1. The Morgan fingerprint density at radius 2 is 2.00 bits per heavy atom. The van der Waals surface area contributed by atoms with E-state index in [9.17, 15) is 9.18 Å². The van der Waals surface area contributed by atoms with Gasteiger partial charge in [0.2, 0.25) is 5.95 Å². The summed E-state index contributed by atoms with van der Waals surface area (Å²) in [6, 6.07) is 13.8. The van der Waals surface area contributed by atoms with Gasteiger partial charge in [-0.3, -0.25) is 15.2 Å². The Hall–Kier alpha value is -3.06. The summed E-state index contributed by atoms with van der Waals surface area (Å²) in [5.74, 6) is 0.334. The molecule has 3 aromatic rings. The van der Waals surface area contributed by atoms with Crippen molar-refractivity contribution < 1.29 is 9.18 Å². The van der Waals surface area contributed by atoms with Crippen molar-refractivity contribution in [2.24, 2.45) is 5.92 Å². The number of amides is 1. The predicted molar refractivity (Wildman–Crippen MR) is 101 cm³/mol. The fourth-order valence-electron chi connectivity index (χ4n) is 3.28. The van der Waals surface area contributed by atoms with Crippen LogP contribution in [0.5, 0.6) is 0 Å². The molecule has 3 N–H and O–H groups in total. The number of rotatable bonds is 5. The Bertz CT molecular complexity index is 932. The van der Waals surface area contributed by atoms with Crippen LogP contribution < -0.4 is 10.6 Å². The molecule has 0 spiro atoms. The van der Waals surface area contributed by atoms with Gasteiger partial charge in [0.15, 0.2) is 5.82 Å². The number of carbonyl (C=O) groups is 1. The van der Waals surface area contributed by atoms with Crippen molar-refractivity contribution in [1.29, 1.82) is 0 Å². The number of aromatic nitrogens is 3. The van der Waals surface area contributed by atoms with Crippen molar-refractivity contribution >= 4 is 11.9 Å². The van der Waals surface area contributed by atoms with Gasteiger partial charge < -0.3 is 5.32 Å². The molecule has 1 aromatic heterocycles. The summed E-state index contributed by atoms with van der Waals surface area (Å²) in [5.41, 5.74) is 2.05. The molecule has 1 aliphatic heterocycles. The molecule has 27 heavy (non-hydrogen) atoms. The largest absolute Gasteiger partial charge is 0.316 e. The average Bonchev–Trinajstić information content (AvgIpc) is 3.35. The number of hydrogen-bond donors (Lipinski definition) is 3. The molecule has 6 nitrogen and oxygen atoms in total. The molecule has 1 unspecified atom stereocenters. The van der Waals surface area contributed by atoms with Crippen molar-refractivity contribution in [3.63, 3.8) is 0 Å². The predicted octanol–water partition coefficient (Wildman–Crippen LogP) is 3.02. The Labute approximate surface area is 156 Å². The summed E-state index contributed by atoms with van der Waals surface area (Å²) >= 11 is 0. The van der Waals surface area contributed by atoms with E-state index in [0.29, 0.717) is 17.0 Å². The Balaban J connectivity index is 1.41. The zero-order valence-corrected chi connectivity index (χ0v) is 14.7. The fourth-order valence-corrected chi connectivity index (χ4v) is 3.28. The number of anilines is 1. The van der Waals surface area contributed by atoms with Crippen LogP contribution in [0.3, 0.4) is 0 Å². The molecule has 0 radical (unpaired) electrons. The van der Waals surface area contributed by atoms with E-state index in [1.54, 1.807) is 30.3 Å². The molecule has 4 rings (SSSR count). The van der Waals surface area contributed by atoms with Gasteiger partial charge in [-0.15, -0.1) is 5.10 Å². The van der Waals surface area contributed by atoms with Gasteiger partial charge in [0, 0.05) is 5.56 Å². The van der Waals surface area contributed by atoms with E-state index < -0.39 is 5.82 Å². The second-order valence-corrected chi connectivity index (χ2v) is 6.70. The normalized spacial score (nSPS) is 16.4. The molecule has 1 amide bonds. The van der Waals surface area contributed by atoms with Crippen LogP contribution in [0.25, 0.3) is 11.4 Å². The standard InChI is InChI=1S/C20H20FN5O/c21-17-4-2-1-3-16(17)18-23-20(26-25-18)24-19(27)15-7-5-13(6-8-15)11-14-9-10-22-12-14/h1-8,14,22H,9-12H2,(H2,23,24,25,26,27). The highest BCUT2D eigenvalue weighted by Crippen LogP contribution is 2.20. The summed E-state index contributed by atoms with van der Waals surface area (Å²) < 4.78 is 13.8. The Morgan fingerprint density at radius 1 is 1.19 bits per heavy atom. The number of halogens is 1. The first kappa shape index (κ1) is 17.4. The van der Waals surface area contributed by atoms with Crippen LogP contribution in [-0.2, 0) is 6.42 Å². The molecule has 2 aromatic carbocycles. The van der Waals surface area contributed by atoms with Crippen LogP contribution in [0.15, 0.2) is 48.5 Å². The highest BCUT2D eigenvalue weighted by molar-refractivity contribution is 6.03. The molecular weight excluding hydrogens is 345 g/mol. The van der Waals surface area contributed by atoms with E-state index in [1.165, 1.54) is 18.1 Å². The minimum atomic E-state index is -0.403. The second-order valence-electron chi connectivity index (χ2n) is 6.70. The molecule has 1 aliphatic rings. The summed E-state index contributed by atoms with van der Waals surface area (Å²) in [4.78, 5) is 16.5. The molecule has 0 bridgehead atoms. The number of nitrogens with one attached hydrogen (secondary N) is 3. The molecule has 7 heteroatoms. The summed E-state index contributed by atoms with van der Waals surface area (Å²) in [7, 11) is 0. The van der Waals surface area contributed by atoms with Crippen molar-refractivity contribution in [2.45, 2.75) is 12.8 Å². The van der Waals surface area contributed by atoms with E-state index in [2.05, 4.69) is 25.8 Å². The minimum Gasteiger partial charge on any atom is -0.316 e. The maximum absolute atomic E-state index is 13.8. The number of benzene rings is 2. The van der Waals surface area contributed by atoms with E-state index in [4.69, 9.17) is 0 Å². The SMILES string of the molecule is O=C(Nc1n[nH]c(-c2ccccc2F)n1)c1ccc(CC2CCNC2)cc1. The van der Waals surface area contributed by atoms with Gasteiger partial charge in [-0.2, -0.15) is 4.98 Å². The maximum atomic E-state index is 13.8. The Morgan fingerprint density at radius 3 is 2.74 bits per heavy atom. The van der Waals surface area contributed by atoms with Gasteiger partial charge >= 0.3 is 0 Å². The monoisotopic (exact) mass is 365 g/mol. The molecule has 138 valence electrons. The molecule has 1 fully saturated rings. The average molecular weight is 365 g/mol. The first-order valence-electron chi connectivity index (χ1n) is 8.97. The zero-order valence-electron chi connectivity index (χ0n) is 14.7. The molecule has 1 atom stereocenters. The third-order valence-electron chi connectivity index (χ3n) is 4.74.